The van der Waals surface area contributed by atoms with Crippen LogP contribution in [0, 0.1) is 0 Å². The van der Waals surface area contributed by atoms with Gasteiger partial charge in [0.15, 0.2) is 0 Å². The van der Waals surface area contributed by atoms with E-state index in [1.807, 2.05) is 35.4 Å². The fourth-order valence-corrected chi connectivity index (χ4v) is 3.97. The van der Waals surface area contributed by atoms with Crippen molar-refractivity contribution < 1.29 is 14.3 Å². The van der Waals surface area contributed by atoms with Gasteiger partial charge in [-0.3, -0.25) is 4.79 Å². The summed E-state index contributed by atoms with van der Waals surface area (Å²) in [4.78, 5) is 19.4. The van der Waals surface area contributed by atoms with E-state index in [-0.39, 0.29) is 24.2 Å². The smallest absolute Gasteiger partial charge is 0.242 e. The molecule has 1 amide bonds. The summed E-state index contributed by atoms with van der Waals surface area (Å²) in [6.07, 6.45) is 4.04. The van der Waals surface area contributed by atoms with Crippen LogP contribution in [0.1, 0.15) is 38.5 Å². The Kier molecular flexibility index (Phi) is 4.48. The number of nitrogens with zero attached hydrogens (tertiary/aromatic N) is 3. The second kappa shape index (κ2) is 6.77. The fourth-order valence-electron chi connectivity index (χ4n) is 3.97. The van der Waals surface area contributed by atoms with E-state index in [1.54, 1.807) is 6.20 Å². The molecule has 0 bridgehead atoms. The van der Waals surface area contributed by atoms with Gasteiger partial charge in [-0.05, 0) is 44.9 Å². The lowest BCUT2D eigenvalue weighted by molar-refractivity contribution is -0.143. The summed E-state index contributed by atoms with van der Waals surface area (Å²) in [5, 5.41) is 1.06. The molecule has 4 rings (SSSR count). The monoisotopic (exact) mass is 343 g/mol. The molecular weight excluding hydrogens is 318 g/mol. The first-order valence-electron chi connectivity index (χ1n) is 9.11. The van der Waals surface area contributed by atoms with E-state index in [2.05, 4.69) is 11.1 Å². The highest BCUT2D eigenvalue weighted by molar-refractivity contribution is 5.82. The van der Waals surface area contributed by atoms with Gasteiger partial charge in [-0.2, -0.15) is 0 Å². The van der Waals surface area contributed by atoms with Gasteiger partial charge in [-0.25, -0.2) is 4.98 Å². The van der Waals surface area contributed by atoms with Gasteiger partial charge in [0.05, 0.1) is 18.3 Å². The van der Waals surface area contributed by atoms with E-state index in [9.17, 15) is 4.79 Å². The minimum absolute atomic E-state index is 0.0598. The molecule has 2 aliphatic rings. The van der Waals surface area contributed by atoms with E-state index < -0.39 is 0 Å². The van der Waals surface area contributed by atoms with Crippen molar-refractivity contribution in [2.24, 2.45) is 0 Å². The molecule has 2 saturated heterocycles. The van der Waals surface area contributed by atoms with Gasteiger partial charge >= 0.3 is 0 Å². The molecule has 0 N–H and O–H groups in total. The van der Waals surface area contributed by atoms with E-state index in [4.69, 9.17) is 9.47 Å². The number of hydrogen-bond acceptors (Lipinski definition) is 4. The number of carbonyl (C=O) groups is 1. The molecule has 3 atom stereocenters. The molecule has 0 aromatic carbocycles. The first-order chi connectivity index (χ1) is 12.1. The average Bonchev–Trinajstić information content (AvgIpc) is 3.22. The number of pyridine rings is 1. The predicted molar refractivity (Wildman–Crippen MR) is 94.2 cm³/mol. The molecular formula is C19H25N3O3. The maximum Gasteiger partial charge on any atom is 0.242 e. The van der Waals surface area contributed by atoms with Crippen LogP contribution in [-0.4, -0.2) is 52.3 Å². The van der Waals surface area contributed by atoms with Crippen molar-refractivity contribution in [3.8, 4) is 0 Å². The third-order valence-electron chi connectivity index (χ3n) is 5.01. The molecule has 6 nitrogen and oxygen atoms in total. The maximum absolute atomic E-state index is 12.9. The van der Waals surface area contributed by atoms with Crippen LogP contribution in [0.4, 0.5) is 0 Å². The number of amides is 1. The lowest BCUT2D eigenvalue weighted by Gasteiger charge is -2.35. The molecule has 0 aliphatic carbocycles. The van der Waals surface area contributed by atoms with Crippen LogP contribution in [0.15, 0.2) is 24.4 Å². The van der Waals surface area contributed by atoms with Gasteiger partial charge in [-0.15, -0.1) is 0 Å². The molecule has 0 radical (unpaired) electrons. The van der Waals surface area contributed by atoms with E-state index in [0.717, 1.165) is 36.2 Å². The van der Waals surface area contributed by atoms with Crippen molar-refractivity contribution in [2.75, 3.05) is 19.7 Å². The zero-order valence-electron chi connectivity index (χ0n) is 14.9. The summed E-state index contributed by atoms with van der Waals surface area (Å²) >= 11 is 0. The minimum Gasteiger partial charge on any atom is -0.372 e. The van der Waals surface area contributed by atoms with Crippen molar-refractivity contribution in [3.63, 3.8) is 0 Å². The maximum atomic E-state index is 12.9. The molecule has 2 aliphatic heterocycles. The van der Waals surface area contributed by atoms with E-state index in [1.165, 1.54) is 0 Å². The zero-order chi connectivity index (χ0) is 17.4. The molecule has 25 heavy (non-hydrogen) atoms. The third-order valence-corrected chi connectivity index (χ3v) is 5.01. The molecule has 2 fully saturated rings. The van der Waals surface area contributed by atoms with Gasteiger partial charge in [-0.1, -0.05) is 0 Å². The van der Waals surface area contributed by atoms with Crippen molar-refractivity contribution in [3.05, 3.63) is 30.1 Å². The number of aromatic nitrogens is 2. The highest BCUT2D eigenvalue weighted by Gasteiger charge is 2.28. The second-order valence-electron chi connectivity index (χ2n) is 7.13. The second-order valence-corrected chi connectivity index (χ2v) is 7.13. The number of fused-ring (bicyclic) bond motifs is 1. The molecule has 2 aromatic heterocycles. The Morgan fingerprint density at radius 3 is 2.84 bits per heavy atom. The van der Waals surface area contributed by atoms with Crippen molar-refractivity contribution in [2.45, 2.75) is 51.5 Å². The highest BCUT2D eigenvalue weighted by Crippen LogP contribution is 2.32. The standard InChI is InChI=1S/C19H25N3O3/c1-13-10-21(11-14(2)25-13)18(23)12-22-16(17-6-4-8-24-17)9-15-5-3-7-20-19(15)22/h3,5,7,9,13-14,17H,4,6,8,10-12H2,1-2H3/t13-,14-,17-/m1/s1. The van der Waals surface area contributed by atoms with Crippen LogP contribution in [0.2, 0.25) is 0 Å². The number of hydrogen-bond donors (Lipinski definition) is 0. The lowest BCUT2D eigenvalue weighted by Crippen LogP contribution is -2.49. The molecule has 6 heteroatoms. The largest absolute Gasteiger partial charge is 0.372 e. The summed E-state index contributed by atoms with van der Waals surface area (Å²) in [6, 6.07) is 6.09. The Morgan fingerprint density at radius 1 is 1.32 bits per heavy atom. The first kappa shape index (κ1) is 16.5. The predicted octanol–water partition coefficient (Wildman–Crippen LogP) is 2.52. The third kappa shape index (κ3) is 3.28. The quantitative estimate of drug-likeness (QED) is 0.859. The van der Waals surface area contributed by atoms with Crippen LogP contribution >= 0.6 is 0 Å². The van der Waals surface area contributed by atoms with Crippen LogP contribution in [-0.2, 0) is 20.8 Å². The molecule has 2 aromatic rings. The van der Waals surface area contributed by atoms with Gasteiger partial charge in [0.2, 0.25) is 5.91 Å². The summed E-state index contributed by atoms with van der Waals surface area (Å²) in [5.74, 6) is 0.115. The molecule has 4 heterocycles. The average molecular weight is 343 g/mol. The number of ether oxygens (including phenoxy) is 2. The Hall–Kier alpha value is -1.92. The topological polar surface area (TPSA) is 56.6 Å². The normalized spacial score (nSPS) is 27.1. The summed E-state index contributed by atoms with van der Waals surface area (Å²) in [6.45, 7) is 6.40. The molecule has 0 saturated carbocycles. The number of carbonyl (C=O) groups excluding carboxylic acids is 1. The van der Waals surface area contributed by atoms with Crippen molar-refractivity contribution >= 4 is 16.9 Å². The molecule has 134 valence electrons. The van der Waals surface area contributed by atoms with Gasteiger partial charge in [0, 0.05) is 37.0 Å². The van der Waals surface area contributed by atoms with Crippen molar-refractivity contribution in [1.82, 2.24) is 14.5 Å². The van der Waals surface area contributed by atoms with E-state index in [0.29, 0.717) is 19.6 Å². The molecule has 0 spiro atoms. The van der Waals surface area contributed by atoms with Gasteiger partial charge < -0.3 is 18.9 Å². The van der Waals surface area contributed by atoms with Crippen LogP contribution in [0.25, 0.3) is 11.0 Å². The van der Waals surface area contributed by atoms with Crippen LogP contribution < -0.4 is 0 Å². The lowest BCUT2D eigenvalue weighted by atomic mass is 10.1. The minimum atomic E-state index is 0.0598. The Balaban J connectivity index is 1.63. The Morgan fingerprint density at radius 2 is 2.12 bits per heavy atom. The van der Waals surface area contributed by atoms with Gasteiger partial charge in [0.25, 0.3) is 0 Å². The summed E-state index contributed by atoms with van der Waals surface area (Å²) in [5.41, 5.74) is 1.92. The molecule has 0 unspecified atom stereocenters. The van der Waals surface area contributed by atoms with E-state index >= 15 is 0 Å². The van der Waals surface area contributed by atoms with Crippen molar-refractivity contribution in [1.29, 1.82) is 0 Å². The zero-order valence-corrected chi connectivity index (χ0v) is 14.9. The SMILES string of the molecule is C[C@@H]1CN(C(=O)Cn2c([C@H]3CCCO3)cc3cccnc32)C[C@@H](C)O1. The first-order valence-corrected chi connectivity index (χ1v) is 9.11. The Bertz CT molecular complexity index is 756. The fraction of sp³-hybridized carbons (Fsp3) is 0.579. The summed E-state index contributed by atoms with van der Waals surface area (Å²) in [7, 11) is 0. The van der Waals surface area contributed by atoms with Gasteiger partial charge in [0.1, 0.15) is 12.2 Å². The van der Waals surface area contributed by atoms with Crippen LogP contribution in [0.3, 0.4) is 0 Å². The summed E-state index contributed by atoms with van der Waals surface area (Å²) < 4.78 is 13.7. The number of morpholine rings is 1. The van der Waals surface area contributed by atoms with Crippen LogP contribution in [0.5, 0.6) is 0 Å². The number of rotatable bonds is 3. The highest BCUT2D eigenvalue weighted by atomic mass is 16.5. The Labute approximate surface area is 147 Å².